The van der Waals surface area contributed by atoms with Crippen LogP contribution in [-0.2, 0) is 24.3 Å². The van der Waals surface area contributed by atoms with Crippen molar-refractivity contribution < 1.29 is 27.8 Å². The Hall–Kier alpha value is -3.85. The number of hydrazine groups is 1. The molecule has 0 saturated carbocycles. The summed E-state index contributed by atoms with van der Waals surface area (Å²) in [6, 6.07) is 4.46. The van der Waals surface area contributed by atoms with Crippen molar-refractivity contribution in [2.24, 2.45) is 16.6 Å². The number of nitrogens with one attached hydrogen (secondary N) is 2. The van der Waals surface area contributed by atoms with E-state index in [1.807, 2.05) is 19.9 Å². The third-order valence-electron chi connectivity index (χ3n) is 6.54. The molecule has 1 aromatic carbocycles. The Morgan fingerprint density at radius 3 is 2.83 bits per heavy atom. The Kier molecular flexibility index (Phi) is 10.3. The average molecular weight is 578 g/mol. The lowest BCUT2D eigenvalue weighted by Gasteiger charge is -2.38. The molecule has 1 aliphatic rings. The summed E-state index contributed by atoms with van der Waals surface area (Å²) in [6.07, 6.45) is 2.75. The van der Waals surface area contributed by atoms with Crippen molar-refractivity contribution in [2.45, 2.75) is 63.4 Å². The number of para-hydroxylation sites is 1. The van der Waals surface area contributed by atoms with E-state index in [0.717, 1.165) is 5.56 Å². The first-order valence-corrected chi connectivity index (χ1v) is 14.5. The maximum atomic E-state index is 13.8. The van der Waals surface area contributed by atoms with Crippen LogP contribution in [-0.4, -0.2) is 73.0 Å². The molecule has 2 heterocycles. The standard InChI is InChI=1S/C25H35N7O7S/c1-4-39-24(34)20-14-16(2)10-12-31(20)23(33)19(8-6-11-27-25(26)29-32(35)36)30-40(37,38)21-9-5-7-18-13-17(3)15-28-22(18)21/h5,7,9,13,15-16,19-20,30H,4,6,8,10-12,14H2,1-3H3,(H3,26,27,29)/t16-,19-,20-/m0/s1. The predicted molar refractivity (Wildman–Crippen MR) is 147 cm³/mol. The van der Waals surface area contributed by atoms with E-state index < -0.39 is 45.0 Å². The molecule has 1 saturated heterocycles. The molecule has 0 bridgehead atoms. The molecule has 4 N–H and O–H groups in total. The molecule has 218 valence electrons. The summed E-state index contributed by atoms with van der Waals surface area (Å²) in [6.45, 7) is 5.89. The van der Waals surface area contributed by atoms with Crippen molar-refractivity contribution in [1.29, 1.82) is 0 Å². The van der Waals surface area contributed by atoms with Gasteiger partial charge in [0.05, 0.1) is 12.1 Å². The van der Waals surface area contributed by atoms with Gasteiger partial charge in [-0.3, -0.25) is 9.78 Å². The van der Waals surface area contributed by atoms with Crippen LogP contribution in [0.3, 0.4) is 0 Å². The topological polar surface area (TPSA) is 199 Å². The highest BCUT2D eigenvalue weighted by atomic mass is 32.2. The van der Waals surface area contributed by atoms with Crippen molar-refractivity contribution >= 4 is 38.8 Å². The molecule has 1 aliphatic heterocycles. The number of rotatable bonds is 11. The van der Waals surface area contributed by atoms with E-state index in [1.54, 1.807) is 30.7 Å². The fourth-order valence-electron chi connectivity index (χ4n) is 4.63. The number of guanidine groups is 1. The summed E-state index contributed by atoms with van der Waals surface area (Å²) < 4.78 is 35.0. The Bertz CT molecular complexity index is 1380. The normalized spacial score (nSPS) is 18.8. The minimum Gasteiger partial charge on any atom is -0.464 e. The summed E-state index contributed by atoms with van der Waals surface area (Å²) in [7, 11) is -4.25. The highest BCUT2D eigenvalue weighted by Gasteiger charge is 2.39. The number of esters is 1. The van der Waals surface area contributed by atoms with Crippen LogP contribution in [0.2, 0.25) is 0 Å². The molecule has 1 amide bonds. The zero-order chi connectivity index (χ0) is 29.4. The second-order valence-corrected chi connectivity index (χ2v) is 11.4. The Labute approximate surface area is 232 Å². The summed E-state index contributed by atoms with van der Waals surface area (Å²) in [5, 5.41) is 10.3. The van der Waals surface area contributed by atoms with Gasteiger partial charge < -0.3 is 15.4 Å². The van der Waals surface area contributed by atoms with Crippen LogP contribution in [0.5, 0.6) is 0 Å². The van der Waals surface area contributed by atoms with Crippen molar-refractivity contribution in [3.05, 3.63) is 46.1 Å². The number of hydrogen-bond donors (Lipinski definition) is 3. The van der Waals surface area contributed by atoms with Gasteiger partial charge in [-0.15, -0.1) is 0 Å². The number of piperidine rings is 1. The molecular formula is C25H35N7O7S. The molecule has 15 heteroatoms. The fraction of sp³-hybridized carbons (Fsp3) is 0.520. The monoisotopic (exact) mass is 577 g/mol. The number of likely N-dealkylation sites (tertiary alicyclic amines) is 1. The molecule has 0 spiro atoms. The molecule has 1 aromatic heterocycles. The van der Waals surface area contributed by atoms with Crippen LogP contribution in [0, 0.1) is 23.0 Å². The average Bonchev–Trinajstić information content (AvgIpc) is 2.89. The number of nitrogens with zero attached hydrogens (tertiary/aromatic N) is 4. The van der Waals surface area contributed by atoms with Crippen molar-refractivity contribution in [2.75, 3.05) is 19.7 Å². The van der Waals surface area contributed by atoms with E-state index >= 15 is 0 Å². The van der Waals surface area contributed by atoms with Gasteiger partial charge >= 0.3 is 5.97 Å². The number of aryl methyl sites for hydroxylation is 1. The largest absolute Gasteiger partial charge is 0.464 e. The van der Waals surface area contributed by atoms with Crippen LogP contribution in [0.4, 0.5) is 0 Å². The molecule has 3 atom stereocenters. The number of carbonyl (C=O) groups is 2. The van der Waals surface area contributed by atoms with Gasteiger partial charge in [0.15, 0.2) is 5.03 Å². The van der Waals surface area contributed by atoms with E-state index in [2.05, 4.69) is 14.7 Å². The van der Waals surface area contributed by atoms with Gasteiger partial charge in [0.2, 0.25) is 15.9 Å². The SMILES string of the molecule is CCOC(=O)[C@@H]1C[C@@H](C)CCN1C(=O)[C@H](CCCN=C(N)N[N+](=O)[O-])NS(=O)(=O)c1cccc2cc(C)cnc12. The van der Waals surface area contributed by atoms with E-state index in [9.17, 15) is 28.1 Å². The molecular weight excluding hydrogens is 542 g/mol. The number of carbonyl (C=O) groups excluding carboxylic acids is 2. The highest BCUT2D eigenvalue weighted by Crippen LogP contribution is 2.26. The van der Waals surface area contributed by atoms with E-state index in [-0.39, 0.29) is 48.9 Å². The van der Waals surface area contributed by atoms with Crippen LogP contribution in [0.25, 0.3) is 10.9 Å². The highest BCUT2D eigenvalue weighted by molar-refractivity contribution is 7.89. The summed E-state index contributed by atoms with van der Waals surface area (Å²) in [5.74, 6) is -1.36. The van der Waals surface area contributed by atoms with Gasteiger partial charge in [-0.2, -0.15) is 4.72 Å². The predicted octanol–water partition coefficient (Wildman–Crippen LogP) is 1.26. The van der Waals surface area contributed by atoms with Crippen molar-refractivity contribution in [3.63, 3.8) is 0 Å². The molecule has 14 nitrogen and oxygen atoms in total. The maximum Gasteiger partial charge on any atom is 0.328 e. The number of ether oxygens (including phenoxy) is 1. The van der Waals surface area contributed by atoms with Crippen LogP contribution in [0.1, 0.15) is 45.1 Å². The Balaban J connectivity index is 1.91. The minimum absolute atomic E-state index is 0.00773. The fourth-order valence-corrected chi connectivity index (χ4v) is 6.04. The third-order valence-corrected chi connectivity index (χ3v) is 8.04. The molecule has 1 fully saturated rings. The lowest BCUT2D eigenvalue weighted by molar-refractivity contribution is -0.525. The molecule has 0 unspecified atom stereocenters. The number of aromatic nitrogens is 1. The first-order chi connectivity index (χ1) is 18.9. The summed E-state index contributed by atoms with van der Waals surface area (Å²) >= 11 is 0. The van der Waals surface area contributed by atoms with Crippen molar-refractivity contribution in [3.8, 4) is 0 Å². The first kappa shape index (κ1) is 30.7. The number of fused-ring (bicyclic) bond motifs is 1. The lowest BCUT2D eigenvalue weighted by atomic mass is 9.91. The van der Waals surface area contributed by atoms with E-state index in [4.69, 9.17) is 10.5 Å². The Morgan fingerprint density at radius 1 is 1.38 bits per heavy atom. The third kappa shape index (κ3) is 7.85. The first-order valence-electron chi connectivity index (χ1n) is 13.0. The lowest BCUT2D eigenvalue weighted by Crippen LogP contribution is -2.56. The van der Waals surface area contributed by atoms with Gasteiger partial charge in [-0.05, 0) is 63.1 Å². The Morgan fingerprint density at radius 2 is 2.12 bits per heavy atom. The molecule has 2 aromatic rings. The summed E-state index contributed by atoms with van der Waals surface area (Å²) in [5.41, 5.74) is 8.30. The van der Waals surface area contributed by atoms with Gasteiger partial charge in [0.1, 0.15) is 17.0 Å². The maximum absolute atomic E-state index is 13.8. The molecule has 40 heavy (non-hydrogen) atoms. The van der Waals surface area contributed by atoms with Gasteiger partial charge in [0.25, 0.3) is 5.96 Å². The second-order valence-electron chi connectivity index (χ2n) is 9.72. The number of hydrogen-bond acceptors (Lipinski definition) is 9. The zero-order valence-electron chi connectivity index (χ0n) is 22.7. The van der Waals surface area contributed by atoms with Gasteiger partial charge in [0, 0.05) is 24.7 Å². The smallest absolute Gasteiger partial charge is 0.328 e. The number of sulfonamides is 1. The zero-order valence-corrected chi connectivity index (χ0v) is 23.5. The minimum atomic E-state index is -4.25. The number of pyridine rings is 1. The van der Waals surface area contributed by atoms with E-state index in [0.29, 0.717) is 18.2 Å². The van der Waals surface area contributed by atoms with Crippen LogP contribution < -0.4 is 15.9 Å². The van der Waals surface area contributed by atoms with Gasteiger partial charge in [-0.1, -0.05) is 24.5 Å². The molecule has 3 rings (SSSR count). The summed E-state index contributed by atoms with van der Waals surface area (Å²) in [4.78, 5) is 46.5. The van der Waals surface area contributed by atoms with Crippen LogP contribution in [0.15, 0.2) is 40.4 Å². The molecule has 0 aliphatic carbocycles. The number of benzene rings is 1. The number of aliphatic imine (C=N–C) groups is 1. The second kappa shape index (κ2) is 13.5. The quantitative estimate of drug-likeness (QED) is 0.0872. The van der Waals surface area contributed by atoms with Crippen LogP contribution >= 0.6 is 0 Å². The van der Waals surface area contributed by atoms with Gasteiger partial charge in [-0.25, -0.2) is 28.3 Å². The number of nitrogens with two attached hydrogens (primary N) is 1. The number of nitro groups is 1. The van der Waals surface area contributed by atoms with Crippen molar-refractivity contribution in [1.82, 2.24) is 20.0 Å². The van der Waals surface area contributed by atoms with E-state index in [1.165, 1.54) is 11.0 Å². The molecule has 0 radical (unpaired) electrons. The number of amides is 1.